The van der Waals surface area contributed by atoms with E-state index in [0.29, 0.717) is 17.9 Å². The van der Waals surface area contributed by atoms with Crippen molar-refractivity contribution in [1.29, 1.82) is 0 Å². The molecule has 2 aliphatic rings. The van der Waals surface area contributed by atoms with Crippen LogP contribution in [0.15, 0.2) is 18.2 Å². The smallest absolute Gasteiger partial charge is 0.0429 e. The fraction of sp³-hybridized carbons (Fsp3) is 0.684. The summed E-state index contributed by atoms with van der Waals surface area (Å²) in [6.07, 6.45) is 4.05. The Kier molecular flexibility index (Phi) is 4.26. The van der Waals surface area contributed by atoms with Crippen molar-refractivity contribution < 1.29 is 0 Å². The van der Waals surface area contributed by atoms with E-state index in [1.54, 1.807) is 0 Å². The maximum absolute atomic E-state index is 3.89. The van der Waals surface area contributed by atoms with Crippen LogP contribution in [0.25, 0.3) is 0 Å². The van der Waals surface area contributed by atoms with Gasteiger partial charge in [-0.05, 0) is 54.8 Å². The minimum atomic E-state index is 0.576. The highest BCUT2D eigenvalue weighted by atomic mass is 15.2. The number of fused-ring (bicyclic) bond motifs is 1. The second-order valence-corrected chi connectivity index (χ2v) is 7.44. The zero-order chi connectivity index (χ0) is 15.0. The summed E-state index contributed by atoms with van der Waals surface area (Å²) >= 11 is 0. The quantitative estimate of drug-likeness (QED) is 0.871. The molecule has 2 fully saturated rings. The standard InChI is InChI=1S/C19H30N2/c1-13(2)15-7-8-17(16(12-15)14(3)4)20-18-9-11-21-10-5-6-19(18)21/h7-8,12-14,18-20H,5-6,9-11H2,1-4H3. The van der Waals surface area contributed by atoms with Gasteiger partial charge in [-0.2, -0.15) is 0 Å². The predicted molar refractivity (Wildman–Crippen MR) is 91.2 cm³/mol. The summed E-state index contributed by atoms with van der Waals surface area (Å²) < 4.78 is 0. The number of hydrogen-bond acceptors (Lipinski definition) is 2. The van der Waals surface area contributed by atoms with Gasteiger partial charge in [-0.25, -0.2) is 0 Å². The van der Waals surface area contributed by atoms with Gasteiger partial charge in [0, 0.05) is 24.3 Å². The number of nitrogens with zero attached hydrogens (tertiary/aromatic N) is 1. The highest BCUT2D eigenvalue weighted by Crippen LogP contribution is 2.33. The van der Waals surface area contributed by atoms with Gasteiger partial charge in [0.2, 0.25) is 0 Å². The molecule has 1 aromatic rings. The molecule has 0 bridgehead atoms. The van der Waals surface area contributed by atoms with E-state index in [4.69, 9.17) is 0 Å². The van der Waals surface area contributed by atoms with Gasteiger partial charge in [-0.3, -0.25) is 4.90 Å². The maximum atomic E-state index is 3.89. The Morgan fingerprint density at radius 2 is 1.86 bits per heavy atom. The van der Waals surface area contributed by atoms with Gasteiger partial charge in [0.05, 0.1) is 0 Å². The van der Waals surface area contributed by atoms with Gasteiger partial charge in [0.1, 0.15) is 0 Å². The average molecular weight is 286 g/mol. The topological polar surface area (TPSA) is 15.3 Å². The lowest BCUT2D eigenvalue weighted by Gasteiger charge is -2.25. The molecule has 2 heterocycles. The van der Waals surface area contributed by atoms with Crippen molar-refractivity contribution in [3.63, 3.8) is 0 Å². The van der Waals surface area contributed by atoms with Crippen molar-refractivity contribution in [3.05, 3.63) is 29.3 Å². The lowest BCUT2D eigenvalue weighted by atomic mass is 9.93. The van der Waals surface area contributed by atoms with E-state index in [2.05, 4.69) is 56.1 Å². The second kappa shape index (κ2) is 6.00. The minimum absolute atomic E-state index is 0.576. The van der Waals surface area contributed by atoms with Crippen molar-refractivity contribution >= 4 is 5.69 Å². The first kappa shape index (κ1) is 14.9. The van der Waals surface area contributed by atoms with Gasteiger partial charge in [-0.15, -0.1) is 0 Å². The number of hydrogen-bond donors (Lipinski definition) is 1. The molecule has 2 heteroatoms. The van der Waals surface area contributed by atoms with Crippen LogP contribution in [-0.2, 0) is 0 Å². The van der Waals surface area contributed by atoms with Crippen LogP contribution in [-0.4, -0.2) is 30.1 Å². The average Bonchev–Trinajstić information content (AvgIpc) is 3.03. The Labute approximate surface area is 129 Å². The van der Waals surface area contributed by atoms with E-state index in [1.807, 2.05) is 0 Å². The fourth-order valence-corrected chi connectivity index (χ4v) is 4.00. The van der Waals surface area contributed by atoms with Crippen LogP contribution in [0.3, 0.4) is 0 Å². The normalized spacial score (nSPS) is 25.8. The van der Waals surface area contributed by atoms with Crippen LogP contribution in [0, 0.1) is 0 Å². The zero-order valence-corrected chi connectivity index (χ0v) is 14.0. The van der Waals surface area contributed by atoms with E-state index in [9.17, 15) is 0 Å². The van der Waals surface area contributed by atoms with Crippen LogP contribution in [0.2, 0.25) is 0 Å². The van der Waals surface area contributed by atoms with Gasteiger partial charge in [0.15, 0.2) is 0 Å². The van der Waals surface area contributed by atoms with Gasteiger partial charge < -0.3 is 5.32 Å². The third kappa shape index (κ3) is 2.96. The van der Waals surface area contributed by atoms with Crippen LogP contribution >= 0.6 is 0 Å². The summed E-state index contributed by atoms with van der Waals surface area (Å²) in [5.41, 5.74) is 4.31. The highest BCUT2D eigenvalue weighted by molar-refractivity contribution is 5.55. The Bertz CT molecular complexity index is 492. The molecule has 0 aliphatic carbocycles. The molecule has 2 saturated heterocycles. The van der Waals surface area contributed by atoms with Gasteiger partial charge in [0.25, 0.3) is 0 Å². The molecule has 0 aromatic heterocycles. The Hall–Kier alpha value is -1.02. The molecule has 0 saturated carbocycles. The van der Waals surface area contributed by atoms with Crippen molar-refractivity contribution in [2.24, 2.45) is 0 Å². The van der Waals surface area contributed by atoms with E-state index >= 15 is 0 Å². The largest absolute Gasteiger partial charge is 0.380 e. The summed E-state index contributed by atoms with van der Waals surface area (Å²) in [5, 5.41) is 3.89. The summed E-state index contributed by atoms with van der Waals surface area (Å²) in [4.78, 5) is 2.68. The lowest BCUT2D eigenvalue weighted by Crippen LogP contribution is -2.34. The van der Waals surface area contributed by atoms with Crippen molar-refractivity contribution in [2.75, 3.05) is 18.4 Å². The second-order valence-electron chi connectivity index (χ2n) is 7.44. The Balaban J connectivity index is 1.81. The number of benzene rings is 1. The first-order chi connectivity index (χ1) is 10.1. The molecule has 1 N–H and O–H groups in total. The third-order valence-corrected chi connectivity index (χ3v) is 5.31. The first-order valence-electron chi connectivity index (χ1n) is 8.70. The SMILES string of the molecule is CC(C)c1ccc(NC2CCN3CCCC23)c(C(C)C)c1. The molecule has 1 aromatic carbocycles. The highest BCUT2D eigenvalue weighted by Gasteiger charge is 2.37. The van der Waals surface area contributed by atoms with Crippen molar-refractivity contribution in [2.45, 2.75) is 70.9 Å². The van der Waals surface area contributed by atoms with Crippen LogP contribution in [0.5, 0.6) is 0 Å². The Morgan fingerprint density at radius 1 is 1.05 bits per heavy atom. The van der Waals surface area contributed by atoms with Crippen molar-refractivity contribution in [1.82, 2.24) is 4.90 Å². The van der Waals surface area contributed by atoms with E-state index in [1.165, 1.54) is 49.2 Å². The van der Waals surface area contributed by atoms with Crippen LogP contribution in [0.1, 0.15) is 69.9 Å². The zero-order valence-electron chi connectivity index (χ0n) is 14.0. The van der Waals surface area contributed by atoms with E-state index < -0.39 is 0 Å². The van der Waals surface area contributed by atoms with Crippen LogP contribution < -0.4 is 5.32 Å². The fourth-order valence-electron chi connectivity index (χ4n) is 4.00. The predicted octanol–water partition coefficient (Wildman–Crippen LogP) is 4.58. The monoisotopic (exact) mass is 286 g/mol. The molecule has 3 rings (SSSR count). The van der Waals surface area contributed by atoms with Crippen LogP contribution in [0.4, 0.5) is 5.69 Å². The van der Waals surface area contributed by atoms with Crippen molar-refractivity contribution in [3.8, 4) is 0 Å². The molecular formula is C19H30N2. The van der Waals surface area contributed by atoms with E-state index in [-0.39, 0.29) is 0 Å². The molecular weight excluding hydrogens is 256 g/mol. The summed E-state index contributed by atoms with van der Waals surface area (Å²) in [5.74, 6) is 1.18. The molecule has 2 aliphatic heterocycles. The number of rotatable bonds is 4. The molecule has 0 amide bonds. The van der Waals surface area contributed by atoms with Gasteiger partial charge >= 0.3 is 0 Å². The minimum Gasteiger partial charge on any atom is -0.380 e. The molecule has 2 nitrogen and oxygen atoms in total. The number of anilines is 1. The Morgan fingerprint density at radius 3 is 2.57 bits per heavy atom. The molecule has 21 heavy (non-hydrogen) atoms. The van der Waals surface area contributed by atoms with Gasteiger partial charge in [-0.1, -0.05) is 39.8 Å². The number of nitrogens with one attached hydrogen (secondary N) is 1. The molecule has 0 radical (unpaired) electrons. The van der Waals surface area contributed by atoms with E-state index in [0.717, 1.165) is 6.04 Å². The summed E-state index contributed by atoms with van der Waals surface area (Å²) in [6.45, 7) is 11.8. The first-order valence-corrected chi connectivity index (χ1v) is 8.70. The molecule has 0 spiro atoms. The summed E-state index contributed by atoms with van der Waals surface area (Å²) in [7, 11) is 0. The molecule has 2 atom stereocenters. The molecule has 116 valence electrons. The summed E-state index contributed by atoms with van der Waals surface area (Å²) in [6, 6.07) is 8.46. The molecule has 2 unspecified atom stereocenters. The third-order valence-electron chi connectivity index (χ3n) is 5.31. The lowest BCUT2D eigenvalue weighted by molar-refractivity contribution is 0.318. The maximum Gasteiger partial charge on any atom is 0.0429 e.